The SMILES string of the molecule is Fc1ccc(/C(C=[N+]2CCCCC2)=C/N2CCCCC2)c(F)c1. The lowest BCUT2D eigenvalue weighted by atomic mass is 10.0. The molecular formula is C19H25F2N2+. The number of nitrogens with zero attached hydrogens (tertiary/aromatic N) is 2. The predicted octanol–water partition coefficient (Wildman–Crippen LogP) is 4.06. The summed E-state index contributed by atoms with van der Waals surface area (Å²) in [6.07, 6.45) is 11.4. The minimum atomic E-state index is -0.526. The number of likely N-dealkylation sites (tertiary alicyclic amines) is 1. The van der Waals surface area contributed by atoms with E-state index in [4.69, 9.17) is 0 Å². The van der Waals surface area contributed by atoms with E-state index in [1.807, 2.05) is 0 Å². The van der Waals surface area contributed by atoms with Gasteiger partial charge in [0, 0.05) is 43.8 Å². The Kier molecular flexibility index (Phi) is 5.42. The number of benzene rings is 1. The molecular weight excluding hydrogens is 294 g/mol. The lowest BCUT2D eigenvalue weighted by molar-refractivity contribution is -0.531. The van der Waals surface area contributed by atoms with Gasteiger partial charge < -0.3 is 4.90 Å². The van der Waals surface area contributed by atoms with Gasteiger partial charge in [-0.1, -0.05) is 0 Å². The Balaban J connectivity index is 1.93. The van der Waals surface area contributed by atoms with Crippen LogP contribution in [0.5, 0.6) is 0 Å². The summed E-state index contributed by atoms with van der Waals surface area (Å²) in [5.74, 6) is -1.01. The Labute approximate surface area is 137 Å². The molecule has 0 aromatic heterocycles. The second-order valence-electron chi connectivity index (χ2n) is 6.53. The monoisotopic (exact) mass is 319 g/mol. The van der Waals surface area contributed by atoms with Crippen molar-refractivity contribution in [3.63, 3.8) is 0 Å². The molecule has 124 valence electrons. The molecule has 0 atom stereocenters. The number of hydrogen-bond donors (Lipinski definition) is 0. The molecule has 2 heterocycles. The van der Waals surface area contributed by atoms with Crippen molar-refractivity contribution in [2.24, 2.45) is 0 Å². The molecule has 0 radical (unpaired) electrons. The first-order valence-corrected chi connectivity index (χ1v) is 8.72. The van der Waals surface area contributed by atoms with Crippen molar-refractivity contribution in [2.45, 2.75) is 38.5 Å². The van der Waals surface area contributed by atoms with E-state index in [2.05, 4.69) is 21.9 Å². The number of halogens is 2. The molecule has 1 aromatic rings. The predicted molar refractivity (Wildman–Crippen MR) is 89.7 cm³/mol. The van der Waals surface area contributed by atoms with Gasteiger partial charge in [0.2, 0.25) is 0 Å². The van der Waals surface area contributed by atoms with Gasteiger partial charge in [0.05, 0.1) is 5.57 Å². The molecule has 2 fully saturated rings. The van der Waals surface area contributed by atoms with Gasteiger partial charge in [-0.05, 0) is 37.8 Å². The van der Waals surface area contributed by atoms with E-state index in [9.17, 15) is 8.78 Å². The van der Waals surface area contributed by atoms with E-state index >= 15 is 0 Å². The quantitative estimate of drug-likeness (QED) is 0.762. The fraction of sp³-hybridized carbons (Fsp3) is 0.526. The third-order valence-electron chi connectivity index (χ3n) is 4.67. The smallest absolute Gasteiger partial charge is 0.172 e. The maximum Gasteiger partial charge on any atom is 0.172 e. The zero-order chi connectivity index (χ0) is 16.1. The summed E-state index contributed by atoms with van der Waals surface area (Å²) in [6.45, 7) is 4.06. The van der Waals surface area contributed by atoms with Gasteiger partial charge in [-0.2, -0.15) is 0 Å². The van der Waals surface area contributed by atoms with Crippen LogP contribution >= 0.6 is 0 Å². The third kappa shape index (κ3) is 4.40. The van der Waals surface area contributed by atoms with Crippen LogP contribution in [-0.4, -0.2) is 41.9 Å². The van der Waals surface area contributed by atoms with E-state index in [0.717, 1.165) is 37.8 Å². The van der Waals surface area contributed by atoms with Gasteiger partial charge in [0.15, 0.2) is 6.21 Å². The van der Waals surface area contributed by atoms with Crippen LogP contribution in [0.4, 0.5) is 8.78 Å². The van der Waals surface area contributed by atoms with Crippen LogP contribution in [0.3, 0.4) is 0 Å². The molecule has 2 aliphatic rings. The number of allylic oxidation sites excluding steroid dienone is 1. The Bertz CT molecular complexity index is 593. The average Bonchev–Trinajstić information content (AvgIpc) is 2.56. The van der Waals surface area contributed by atoms with Crippen molar-refractivity contribution in [3.05, 3.63) is 41.6 Å². The van der Waals surface area contributed by atoms with Crippen LogP contribution < -0.4 is 0 Å². The average molecular weight is 319 g/mol. The fourth-order valence-electron chi connectivity index (χ4n) is 3.38. The first-order valence-electron chi connectivity index (χ1n) is 8.72. The Morgan fingerprint density at radius 1 is 0.957 bits per heavy atom. The Morgan fingerprint density at radius 2 is 1.65 bits per heavy atom. The van der Waals surface area contributed by atoms with Crippen LogP contribution in [-0.2, 0) is 0 Å². The zero-order valence-electron chi connectivity index (χ0n) is 13.6. The van der Waals surface area contributed by atoms with Crippen LogP contribution in [0.25, 0.3) is 5.57 Å². The summed E-state index contributed by atoms with van der Waals surface area (Å²) in [5, 5.41) is 0. The first kappa shape index (κ1) is 16.2. The fourth-order valence-corrected chi connectivity index (χ4v) is 3.38. The molecule has 0 aliphatic carbocycles. The summed E-state index contributed by atoms with van der Waals surface area (Å²) in [7, 11) is 0. The topological polar surface area (TPSA) is 6.25 Å². The van der Waals surface area contributed by atoms with Crippen molar-refractivity contribution in [2.75, 3.05) is 26.2 Å². The van der Waals surface area contributed by atoms with Crippen molar-refractivity contribution in [1.29, 1.82) is 0 Å². The highest BCUT2D eigenvalue weighted by atomic mass is 19.1. The third-order valence-corrected chi connectivity index (χ3v) is 4.67. The molecule has 2 saturated heterocycles. The van der Waals surface area contributed by atoms with Crippen molar-refractivity contribution in [3.8, 4) is 0 Å². The summed E-state index contributed by atoms with van der Waals surface area (Å²) >= 11 is 0. The summed E-state index contributed by atoms with van der Waals surface area (Å²) in [4.78, 5) is 2.27. The van der Waals surface area contributed by atoms with Crippen LogP contribution in [0.2, 0.25) is 0 Å². The minimum Gasteiger partial charge on any atom is -0.377 e. The number of piperidine rings is 2. The van der Waals surface area contributed by atoms with Crippen LogP contribution in [0, 0.1) is 11.6 Å². The van der Waals surface area contributed by atoms with Gasteiger partial charge >= 0.3 is 0 Å². The van der Waals surface area contributed by atoms with Crippen LogP contribution in [0.15, 0.2) is 24.4 Å². The second-order valence-corrected chi connectivity index (χ2v) is 6.53. The van der Waals surface area contributed by atoms with E-state index in [-0.39, 0.29) is 0 Å². The molecule has 3 rings (SSSR count). The minimum absolute atomic E-state index is 0.485. The van der Waals surface area contributed by atoms with Gasteiger partial charge in [-0.15, -0.1) is 0 Å². The lowest BCUT2D eigenvalue weighted by Crippen LogP contribution is -2.26. The van der Waals surface area contributed by atoms with E-state index in [1.54, 1.807) is 6.07 Å². The first-order chi connectivity index (χ1) is 11.2. The molecule has 0 unspecified atom stereocenters. The molecule has 0 bridgehead atoms. The molecule has 1 aromatic carbocycles. The van der Waals surface area contributed by atoms with Crippen molar-refractivity contribution >= 4 is 11.8 Å². The highest BCUT2D eigenvalue weighted by Crippen LogP contribution is 2.21. The van der Waals surface area contributed by atoms with Crippen molar-refractivity contribution < 1.29 is 13.4 Å². The standard InChI is InChI=1S/C19H25F2N2/c20-17-7-8-18(19(21)13-17)16(14-22-9-3-1-4-10-22)15-23-11-5-2-6-12-23/h7-8,13-15H,1-6,9-12H2/q+1. The molecule has 0 amide bonds. The Morgan fingerprint density at radius 3 is 2.35 bits per heavy atom. The summed E-state index contributed by atoms with van der Waals surface area (Å²) in [6, 6.07) is 3.87. The summed E-state index contributed by atoms with van der Waals surface area (Å²) < 4.78 is 29.8. The Hall–Kier alpha value is -1.71. The van der Waals surface area contributed by atoms with Gasteiger partial charge in [-0.3, -0.25) is 0 Å². The highest BCUT2D eigenvalue weighted by molar-refractivity contribution is 6.07. The highest BCUT2D eigenvalue weighted by Gasteiger charge is 2.17. The molecule has 2 aliphatic heterocycles. The molecule has 0 saturated carbocycles. The maximum absolute atomic E-state index is 14.3. The largest absolute Gasteiger partial charge is 0.377 e. The number of hydrogen-bond acceptors (Lipinski definition) is 1. The molecule has 4 heteroatoms. The number of rotatable bonds is 3. The summed E-state index contributed by atoms with van der Waals surface area (Å²) in [5.41, 5.74) is 1.34. The van der Waals surface area contributed by atoms with Gasteiger partial charge in [-0.25, -0.2) is 13.4 Å². The zero-order valence-corrected chi connectivity index (χ0v) is 13.6. The van der Waals surface area contributed by atoms with E-state index in [1.165, 1.54) is 44.6 Å². The second kappa shape index (κ2) is 7.71. The molecule has 0 N–H and O–H groups in total. The lowest BCUT2D eigenvalue weighted by Gasteiger charge is -2.25. The van der Waals surface area contributed by atoms with Crippen LogP contribution in [0.1, 0.15) is 44.1 Å². The maximum atomic E-state index is 14.3. The molecule has 0 spiro atoms. The van der Waals surface area contributed by atoms with Gasteiger partial charge in [0.1, 0.15) is 24.7 Å². The van der Waals surface area contributed by atoms with Gasteiger partial charge in [0.25, 0.3) is 0 Å². The van der Waals surface area contributed by atoms with E-state index in [0.29, 0.717) is 5.56 Å². The normalized spacial score (nSPS) is 19.8. The molecule has 2 nitrogen and oxygen atoms in total. The molecule has 23 heavy (non-hydrogen) atoms. The van der Waals surface area contributed by atoms with E-state index < -0.39 is 11.6 Å². The van der Waals surface area contributed by atoms with Crippen molar-refractivity contribution in [1.82, 2.24) is 4.90 Å².